The third-order valence-electron chi connectivity index (χ3n) is 2.05. The average molecular weight is 216 g/mol. The first kappa shape index (κ1) is 12.1. The summed E-state index contributed by atoms with van der Waals surface area (Å²) in [5.41, 5.74) is 0.544. The van der Waals surface area contributed by atoms with Crippen LogP contribution in [0.2, 0.25) is 0 Å². The van der Waals surface area contributed by atoms with Gasteiger partial charge in [0.1, 0.15) is 11.6 Å². The molecular formula is C11H14F2O2. The minimum Gasteiger partial charge on any atom is -0.391 e. The minimum absolute atomic E-state index is 0.234. The second-order valence-electron chi connectivity index (χ2n) is 3.43. The quantitative estimate of drug-likeness (QED) is 0.814. The average Bonchev–Trinajstić information content (AvgIpc) is 2.14. The van der Waals surface area contributed by atoms with E-state index in [2.05, 4.69) is 0 Å². The Kier molecular flexibility index (Phi) is 4.65. The lowest BCUT2D eigenvalue weighted by Crippen LogP contribution is -2.14. The summed E-state index contributed by atoms with van der Waals surface area (Å²) in [7, 11) is 1.49. The molecule has 0 bridgehead atoms. The topological polar surface area (TPSA) is 29.5 Å². The van der Waals surface area contributed by atoms with Crippen LogP contribution >= 0.6 is 0 Å². The number of halogens is 2. The molecule has 0 fully saturated rings. The van der Waals surface area contributed by atoms with Crippen LogP contribution in [0.5, 0.6) is 0 Å². The molecule has 1 aromatic carbocycles. The number of benzene rings is 1. The maximum atomic E-state index is 12.8. The van der Waals surface area contributed by atoms with Crippen molar-refractivity contribution in [1.29, 1.82) is 0 Å². The number of rotatable bonds is 5. The van der Waals surface area contributed by atoms with Crippen molar-refractivity contribution < 1.29 is 18.6 Å². The van der Waals surface area contributed by atoms with Gasteiger partial charge in [-0.1, -0.05) is 0 Å². The predicted molar refractivity (Wildman–Crippen MR) is 52.6 cm³/mol. The molecule has 0 aliphatic rings. The van der Waals surface area contributed by atoms with Crippen molar-refractivity contribution in [3.63, 3.8) is 0 Å². The zero-order valence-corrected chi connectivity index (χ0v) is 8.54. The van der Waals surface area contributed by atoms with E-state index < -0.39 is 17.7 Å². The lowest BCUT2D eigenvalue weighted by Gasteiger charge is -2.09. The summed E-state index contributed by atoms with van der Waals surface area (Å²) in [6, 6.07) is 3.36. The van der Waals surface area contributed by atoms with Crippen LogP contribution < -0.4 is 0 Å². The SMILES string of the molecule is COCC(O)CCc1cc(F)cc(F)c1. The van der Waals surface area contributed by atoms with Crippen LogP contribution in [0.15, 0.2) is 18.2 Å². The molecule has 1 rings (SSSR count). The van der Waals surface area contributed by atoms with E-state index in [1.54, 1.807) is 0 Å². The summed E-state index contributed by atoms with van der Waals surface area (Å²) >= 11 is 0. The Morgan fingerprint density at radius 1 is 1.27 bits per heavy atom. The van der Waals surface area contributed by atoms with Crippen molar-refractivity contribution in [2.45, 2.75) is 18.9 Å². The van der Waals surface area contributed by atoms with Crippen molar-refractivity contribution in [3.05, 3.63) is 35.4 Å². The number of ether oxygens (including phenoxy) is 1. The van der Waals surface area contributed by atoms with E-state index in [-0.39, 0.29) is 6.61 Å². The van der Waals surface area contributed by atoms with Gasteiger partial charge in [-0.05, 0) is 30.5 Å². The van der Waals surface area contributed by atoms with Crippen LogP contribution in [-0.2, 0) is 11.2 Å². The van der Waals surface area contributed by atoms with Gasteiger partial charge >= 0.3 is 0 Å². The number of hydrogen-bond acceptors (Lipinski definition) is 2. The van der Waals surface area contributed by atoms with Gasteiger partial charge in [-0.3, -0.25) is 0 Å². The van der Waals surface area contributed by atoms with E-state index in [1.807, 2.05) is 0 Å². The smallest absolute Gasteiger partial charge is 0.126 e. The van der Waals surface area contributed by atoms with Gasteiger partial charge in [0.15, 0.2) is 0 Å². The number of aliphatic hydroxyl groups excluding tert-OH is 1. The molecule has 15 heavy (non-hydrogen) atoms. The third-order valence-corrected chi connectivity index (χ3v) is 2.05. The normalized spacial score (nSPS) is 12.8. The summed E-state index contributed by atoms with van der Waals surface area (Å²) in [6.45, 7) is 0.234. The Balaban J connectivity index is 2.50. The molecule has 1 atom stereocenters. The van der Waals surface area contributed by atoms with Gasteiger partial charge in [-0.25, -0.2) is 8.78 Å². The highest BCUT2D eigenvalue weighted by Crippen LogP contribution is 2.11. The van der Waals surface area contributed by atoms with Crippen molar-refractivity contribution in [1.82, 2.24) is 0 Å². The number of hydrogen-bond donors (Lipinski definition) is 1. The van der Waals surface area contributed by atoms with Gasteiger partial charge in [0.2, 0.25) is 0 Å². The van der Waals surface area contributed by atoms with Crippen molar-refractivity contribution in [3.8, 4) is 0 Å². The maximum Gasteiger partial charge on any atom is 0.126 e. The molecule has 0 saturated carbocycles. The summed E-state index contributed by atoms with van der Waals surface area (Å²) in [4.78, 5) is 0. The van der Waals surface area contributed by atoms with E-state index in [0.29, 0.717) is 18.4 Å². The van der Waals surface area contributed by atoms with Crippen molar-refractivity contribution in [2.24, 2.45) is 0 Å². The molecule has 1 unspecified atom stereocenters. The first-order valence-electron chi connectivity index (χ1n) is 4.74. The lowest BCUT2D eigenvalue weighted by atomic mass is 10.1. The molecule has 0 saturated heterocycles. The van der Waals surface area contributed by atoms with Crippen LogP contribution in [0.1, 0.15) is 12.0 Å². The molecule has 2 nitrogen and oxygen atoms in total. The fourth-order valence-electron chi connectivity index (χ4n) is 1.36. The van der Waals surface area contributed by atoms with Crippen molar-refractivity contribution in [2.75, 3.05) is 13.7 Å². The Morgan fingerprint density at radius 3 is 2.40 bits per heavy atom. The second-order valence-corrected chi connectivity index (χ2v) is 3.43. The van der Waals surface area contributed by atoms with Gasteiger partial charge < -0.3 is 9.84 Å². The zero-order chi connectivity index (χ0) is 11.3. The molecule has 0 aromatic heterocycles. The molecule has 84 valence electrons. The highest BCUT2D eigenvalue weighted by molar-refractivity contribution is 5.17. The Morgan fingerprint density at radius 2 is 1.87 bits per heavy atom. The van der Waals surface area contributed by atoms with Gasteiger partial charge in [0.25, 0.3) is 0 Å². The largest absolute Gasteiger partial charge is 0.391 e. The highest BCUT2D eigenvalue weighted by Gasteiger charge is 2.05. The van der Waals surface area contributed by atoms with Gasteiger partial charge in [0.05, 0.1) is 12.7 Å². The van der Waals surface area contributed by atoms with Gasteiger partial charge in [-0.2, -0.15) is 0 Å². The fourth-order valence-corrected chi connectivity index (χ4v) is 1.36. The van der Waals surface area contributed by atoms with Crippen molar-refractivity contribution >= 4 is 0 Å². The molecule has 0 spiro atoms. The third kappa shape index (κ3) is 4.36. The standard InChI is InChI=1S/C11H14F2O2/c1-15-7-11(14)3-2-8-4-9(12)6-10(13)5-8/h4-6,11,14H,2-3,7H2,1H3. The first-order chi connectivity index (χ1) is 7.11. The van der Waals surface area contributed by atoms with E-state index >= 15 is 0 Å². The molecule has 0 amide bonds. The van der Waals surface area contributed by atoms with E-state index in [4.69, 9.17) is 4.74 Å². The van der Waals surface area contributed by atoms with Crippen LogP contribution in [0.25, 0.3) is 0 Å². The molecule has 0 heterocycles. The van der Waals surface area contributed by atoms with Gasteiger partial charge in [0, 0.05) is 13.2 Å². The summed E-state index contributed by atoms with van der Waals surface area (Å²) in [6.07, 6.45) is 0.261. The van der Waals surface area contributed by atoms with Crippen LogP contribution in [0.3, 0.4) is 0 Å². The maximum absolute atomic E-state index is 12.8. The van der Waals surface area contributed by atoms with E-state index in [1.165, 1.54) is 19.2 Å². The molecule has 0 aliphatic carbocycles. The molecule has 1 N–H and O–H groups in total. The van der Waals surface area contributed by atoms with Gasteiger partial charge in [-0.15, -0.1) is 0 Å². The summed E-state index contributed by atoms with van der Waals surface area (Å²) in [5, 5.41) is 9.34. The van der Waals surface area contributed by atoms with Crippen LogP contribution in [0, 0.1) is 11.6 Å². The first-order valence-corrected chi connectivity index (χ1v) is 4.74. The number of aliphatic hydroxyl groups is 1. The Labute approximate surface area is 87.5 Å². The predicted octanol–water partition coefficient (Wildman–Crippen LogP) is 1.90. The van der Waals surface area contributed by atoms with Crippen LogP contribution in [0.4, 0.5) is 8.78 Å². The Hall–Kier alpha value is -1.00. The van der Waals surface area contributed by atoms with E-state index in [0.717, 1.165) is 6.07 Å². The molecule has 4 heteroatoms. The summed E-state index contributed by atoms with van der Waals surface area (Å²) in [5.74, 6) is -1.18. The second kappa shape index (κ2) is 5.78. The fraction of sp³-hybridized carbons (Fsp3) is 0.455. The monoisotopic (exact) mass is 216 g/mol. The van der Waals surface area contributed by atoms with Crippen LogP contribution in [-0.4, -0.2) is 24.9 Å². The lowest BCUT2D eigenvalue weighted by molar-refractivity contribution is 0.0595. The Bertz CT molecular complexity index is 295. The molecular weight excluding hydrogens is 202 g/mol. The van der Waals surface area contributed by atoms with E-state index in [9.17, 15) is 13.9 Å². The number of aryl methyl sites for hydroxylation is 1. The molecule has 0 radical (unpaired) electrons. The zero-order valence-electron chi connectivity index (χ0n) is 8.54. The number of methoxy groups -OCH3 is 1. The molecule has 1 aromatic rings. The minimum atomic E-state index is -0.596. The highest BCUT2D eigenvalue weighted by atomic mass is 19.1. The molecule has 0 aliphatic heterocycles. The summed E-state index contributed by atoms with van der Waals surface area (Å²) < 4.78 is 30.3.